The van der Waals surface area contributed by atoms with E-state index in [4.69, 9.17) is 5.84 Å². The van der Waals surface area contributed by atoms with Crippen LogP contribution < -0.4 is 5.84 Å². The standard InChI is InChI=1S/C8H9BrN2/c1-6-4-8(9)3-2-7(6)5-11-10/h2-5H,10H2,1H3. The van der Waals surface area contributed by atoms with E-state index in [-0.39, 0.29) is 0 Å². The molecule has 0 saturated carbocycles. The number of hydrazone groups is 1. The van der Waals surface area contributed by atoms with Crippen LogP contribution in [0, 0.1) is 6.92 Å². The van der Waals surface area contributed by atoms with E-state index in [2.05, 4.69) is 21.0 Å². The highest BCUT2D eigenvalue weighted by Crippen LogP contribution is 2.13. The van der Waals surface area contributed by atoms with Gasteiger partial charge in [-0.25, -0.2) is 0 Å². The first-order valence-electron chi connectivity index (χ1n) is 3.23. The number of rotatable bonds is 1. The van der Waals surface area contributed by atoms with Gasteiger partial charge in [0.2, 0.25) is 0 Å². The van der Waals surface area contributed by atoms with E-state index in [0.717, 1.165) is 15.6 Å². The molecule has 0 amide bonds. The molecule has 3 heteroatoms. The average molecular weight is 213 g/mol. The SMILES string of the molecule is Cc1cc(Br)ccc1C=NN. The van der Waals surface area contributed by atoms with Crippen LogP contribution in [0.4, 0.5) is 0 Å². The molecular formula is C8H9BrN2. The molecule has 1 aromatic carbocycles. The molecule has 58 valence electrons. The largest absolute Gasteiger partial charge is 0.323 e. The van der Waals surface area contributed by atoms with Gasteiger partial charge in [0.25, 0.3) is 0 Å². The van der Waals surface area contributed by atoms with Gasteiger partial charge >= 0.3 is 0 Å². The van der Waals surface area contributed by atoms with Gasteiger partial charge in [0.15, 0.2) is 0 Å². The van der Waals surface area contributed by atoms with Crippen molar-refractivity contribution in [3.05, 3.63) is 33.8 Å². The lowest BCUT2D eigenvalue weighted by atomic mass is 10.1. The Morgan fingerprint density at radius 3 is 2.82 bits per heavy atom. The topological polar surface area (TPSA) is 38.4 Å². The van der Waals surface area contributed by atoms with E-state index >= 15 is 0 Å². The lowest BCUT2D eigenvalue weighted by molar-refractivity contribution is 1.26. The molecule has 0 spiro atoms. The first kappa shape index (κ1) is 8.27. The zero-order chi connectivity index (χ0) is 8.27. The molecule has 0 atom stereocenters. The maximum Gasteiger partial charge on any atom is 0.0540 e. The van der Waals surface area contributed by atoms with Crippen LogP contribution in [0.2, 0.25) is 0 Å². The Kier molecular flexibility index (Phi) is 2.65. The number of nitrogens with zero attached hydrogens (tertiary/aromatic N) is 1. The van der Waals surface area contributed by atoms with Gasteiger partial charge in [-0.05, 0) is 30.2 Å². The average Bonchev–Trinajstić information content (AvgIpc) is 1.95. The monoisotopic (exact) mass is 212 g/mol. The van der Waals surface area contributed by atoms with E-state index in [1.54, 1.807) is 6.21 Å². The van der Waals surface area contributed by atoms with Crippen LogP contribution in [-0.2, 0) is 0 Å². The highest BCUT2D eigenvalue weighted by atomic mass is 79.9. The van der Waals surface area contributed by atoms with Crippen LogP contribution in [0.5, 0.6) is 0 Å². The summed E-state index contributed by atoms with van der Waals surface area (Å²) in [5.74, 6) is 5.03. The van der Waals surface area contributed by atoms with E-state index in [1.807, 2.05) is 25.1 Å². The summed E-state index contributed by atoms with van der Waals surface area (Å²) < 4.78 is 1.07. The fraction of sp³-hybridized carbons (Fsp3) is 0.125. The molecule has 0 heterocycles. The summed E-state index contributed by atoms with van der Waals surface area (Å²) in [5.41, 5.74) is 2.21. The van der Waals surface area contributed by atoms with Crippen molar-refractivity contribution in [1.82, 2.24) is 0 Å². The zero-order valence-electron chi connectivity index (χ0n) is 6.21. The lowest BCUT2D eigenvalue weighted by Crippen LogP contribution is -1.89. The Balaban J connectivity index is 3.09. The summed E-state index contributed by atoms with van der Waals surface area (Å²) in [7, 11) is 0. The molecule has 0 fully saturated rings. The van der Waals surface area contributed by atoms with E-state index < -0.39 is 0 Å². The smallest absolute Gasteiger partial charge is 0.0540 e. The van der Waals surface area contributed by atoms with E-state index in [0.29, 0.717) is 0 Å². The number of nitrogens with two attached hydrogens (primary N) is 1. The summed E-state index contributed by atoms with van der Waals surface area (Å²) in [5, 5.41) is 3.46. The van der Waals surface area contributed by atoms with Crippen LogP contribution in [0.3, 0.4) is 0 Å². The van der Waals surface area contributed by atoms with Crippen molar-refractivity contribution in [3.8, 4) is 0 Å². The Morgan fingerprint density at radius 1 is 1.55 bits per heavy atom. The second kappa shape index (κ2) is 3.53. The summed E-state index contributed by atoms with van der Waals surface area (Å²) in [6.07, 6.45) is 1.64. The third-order valence-electron chi connectivity index (χ3n) is 1.45. The fourth-order valence-corrected chi connectivity index (χ4v) is 1.34. The van der Waals surface area contributed by atoms with Gasteiger partial charge < -0.3 is 5.84 Å². The Bertz CT molecular complexity index is 281. The van der Waals surface area contributed by atoms with E-state index in [1.165, 1.54) is 0 Å². The predicted octanol–water partition coefficient (Wildman–Crippen LogP) is 2.05. The maximum atomic E-state index is 5.03. The predicted molar refractivity (Wildman–Crippen MR) is 50.7 cm³/mol. The second-order valence-electron chi connectivity index (χ2n) is 2.28. The first-order valence-corrected chi connectivity index (χ1v) is 4.03. The highest BCUT2D eigenvalue weighted by Gasteiger charge is 1.94. The fourth-order valence-electron chi connectivity index (χ4n) is 0.864. The van der Waals surface area contributed by atoms with Gasteiger partial charge in [-0.1, -0.05) is 22.0 Å². The Hall–Kier alpha value is -0.830. The summed E-state index contributed by atoms with van der Waals surface area (Å²) in [4.78, 5) is 0. The molecule has 1 aromatic rings. The summed E-state index contributed by atoms with van der Waals surface area (Å²) in [6, 6.07) is 5.96. The zero-order valence-corrected chi connectivity index (χ0v) is 7.80. The Morgan fingerprint density at radius 2 is 2.27 bits per heavy atom. The normalized spacial score (nSPS) is 10.7. The molecule has 0 aliphatic carbocycles. The lowest BCUT2D eigenvalue weighted by Gasteiger charge is -1.98. The minimum atomic E-state index is 1.05. The van der Waals surface area contributed by atoms with Gasteiger partial charge in [-0.2, -0.15) is 5.10 Å². The summed E-state index contributed by atoms with van der Waals surface area (Å²) in [6.45, 7) is 2.02. The maximum absolute atomic E-state index is 5.03. The van der Waals surface area contributed by atoms with Crippen LogP contribution >= 0.6 is 15.9 Å². The minimum Gasteiger partial charge on any atom is -0.323 e. The molecule has 2 nitrogen and oxygen atoms in total. The van der Waals surface area contributed by atoms with Crippen molar-refractivity contribution in [2.75, 3.05) is 0 Å². The quantitative estimate of drug-likeness (QED) is 0.432. The molecule has 0 radical (unpaired) electrons. The van der Waals surface area contributed by atoms with Crippen molar-refractivity contribution in [3.63, 3.8) is 0 Å². The molecular weight excluding hydrogens is 204 g/mol. The molecule has 0 aliphatic heterocycles. The molecule has 2 N–H and O–H groups in total. The van der Waals surface area contributed by atoms with Gasteiger partial charge in [-0.15, -0.1) is 0 Å². The summed E-state index contributed by atoms with van der Waals surface area (Å²) >= 11 is 3.37. The van der Waals surface area contributed by atoms with Gasteiger partial charge in [-0.3, -0.25) is 0 Å². The van der Waals surface area contributed by atoms with Crippen molar-refractivity contribution in [2.24, 2.45) is 10.9 Å². The number of benzene rings is 1. The van der Waals surface area contributed by atoms with Crippen LogP contribution in [0.25, 0.3) is 0 Å². The van der Waals surface area contributed by atoms with Crippen molar-refractivity contribution in [1.29, 1.82) is 0 Å². The molecule has 0 aliphatic rings. The van der Waals surface area contributed by atoms with Crippen molar-refractivity contribution in [2.45, 2.75) is 6.92 Å². The van der Waals surface area contributed by atoms with Gasteiger partial charge in [0.05, 0.1) is 6.21 Å². The van der Waals surface area contributed by atoms with Crippen molar-refractivity contribution >= 4 is 22.1 Å². The van der Waals surface area contributed by atoms with E-state index in [9.17, 15) is 0 Å². The second-order valence-corrected chi connectivity index (χ2v) is 3.19. The highest BCUT2D eigenvalue weighted by molar-refractivity contribution is 9.10. The number of halogens is 1. The number of hydrogen-bond acceptors (Lipinski definition) is 2. The molecule has 11 heavy (non-hydrogen) atoms. The Labute approximate surface area is 74.2 Å². The van der Waals surface area contributed by atoms with Gasteiger partial charge in [0.1, 0.15) is 0 Å². The van der Waals surface area contributed by atoms with Crippen LogP contribution in [-0.4, -0.2) is 6.21 Å². The molecule has 0 aromatic heterocycles. The van der Waals surface area contributed by atoms with Crippen molar-refractivity contribution < 1.29 is 0 Å². The third kappa shape index (κ3) is 2.05. The number of hydrogen-bond donors (Lipinski definition) is 1. The third-order valence-corrected chi connectivity index (χ3v) is 1.94. The molecule has 0 bridgehead atoms. The first-order chi connectivity index (χ1) is 5.24. The molecule has 1 rings (SSSR count). The minimum absolute atomic E-state index is 1.05. The molecule has 0 unspecified atom stereocenters. The number of aryl methyl sites for hydroxylation is 1. The van der Waals surface area contributed by atoms with Crippen LogP contribution in [0.1, 0.15) is 11.1 Å². The molecule has 0 saturated heterocycles. The van der Waals surface area contributed by atoms with Gasteiger partial charge in [0, 0.05) is 4.47 Å². The van der Waals surface area contributed by atoms with Crippen LogP contribution in [0.15, 0.2) is 27.8 Å².